The number of benzene rings is 1. The molecule has 1 aromatic carbocycles. The van der Waals surface area contributed by atoms with Crippen LogP contribution in [0.1, 0.15) is 77.2 Å². The highest BCUT2D eigenvalue weighted by atomic mass is 32.2. The van der Waals surface area contributed by atoms with Gasteiger partial charge in [0.1, 0.15) is 5.75 Å². The maximum absolute atomic E-state index is 11.4. The van der Waals surface area contributed by atoms with Crippen molar-refractivity contribution < 1.29 is 12.6 Å². The van der Waals surface area contributed by atoms with Gasteiger partial charge < -0.3 is 4.18 Å². The number of para-hydroxylation sites is 1. The summed E-state index contributed by atoms with van der Waals surface area (Å²) in [6, 6.07) is 7.45. The van der Waals surface area contributed by atoms with Crippen LogP contribution in [0.3, 0.4) is 0 Å². The minimum atomic E-state index is -3.48. The van der Waals surface area contributed by atoms with Crippen LogP contribution < -0.4 is 4.18 Å². The second-order valence-corrected chi connectivity index (χ2v) is 8.33. The Labute approximate surface area is 142 Å². The molecule has 0 N–H and O–H groups in total. The van der Waals surface area contributed by atoms with Gasteiger partial charge in [0.2, 0.25) is 0 Å². The van der Waals surface area contributed by atoms with Crippen molar-refractivity contribution >= 4 is 10.1 Å². The van der Waals surface area contributed by atoms with Crippen molar-refractivity contribution in [2.24, 2.45) is 5.92 Å². The van der Waals surface area contributed by atoms with E-state index in [1.54, 1.807) is 6.07 Å². The third-order valence-corrected chi connectivity index (χ3v) is 4.81. The SMILES string of the molecule is CCCCC(C)CCCCC(C)c1ccccc1OS(C)(=O)=O. The minimum absolute atomic E-state index is 0.305. The molecule has 0 spiro atoms. The van der Waals surface area contributed by atoms with Gasteiger partial charge in [-0.2, -0.15) is 8.42 Å². The average Bonchev–Trinajstić information content (AvgIpc) is 2.48. The third kappa shape index (κ3) is 8.40. The molecule has 0 saturated heterocycles. The zero-order chi connectivity index (χ0) is 17.3. The first kappa shape index (κ1) is 20.0. The van der Waals surface area contributed by atoms with Crippen LogP contribution in [0.4, 0.5) is 0 Å². The Morgan fingerprint density at radius 3 is 2.26 bits per heavy atom. The van der Waals surface area contributed by atoms with E-state index in [-0.39, 0.29) is 0 Å². The Hall–Kier alpha value is -1.03. The van der Waals surface area contributed by atoms with Gasteiger partial charge in [0.05, 0.1) is 6.26 Å². The lowest BCUT2D eigenvalue weighted by molar-refractivity contribution is 0.438. The molecule has 23 heavy (non-hydrogen) atoms. The lowest BCUT2D eigenvalue weighted by Crippen LogP contribution is -2.08. The number of rotatable bonds is 11. The largest absolute Gasteiger partial charge is 0.382 e. The third-order valence-electron chi connectivity index (χ3n) is 4.33. The fraction of sp³-hybridized carbons (Fsp3) is 0.684. The molecule has 4 heteroatoms. The van der Waals surface area contributed by atoms with E-state index < -0.39 is 10.1 Å². The molecule has 0 saturated carbocycles. The van der Waals surface area contributed by atoms with Gasteiger partial charge in [0, 0.05) is 0 Å². The van der Waals surface area contributed by atoms with Crippen molar-refractivity contribution in [3.63, 3.8) is 0 Å². The maximum Gasteiger partial charge on any atom is 0.306 e. The van der Waals surface area contributed by atoms with Crippen molar-refractivity contribution in [2.75, 3.05) is 6.26 Å². The molecule has 0 aliphatic rings. The van der Waals surface area contributed by atoms with Crippen molar-refractivity contribution in [3.05, 3.63) is 29.8 Å². The van der Waals surface area contributed by atoms with Gasteiger partial charge in [-0.3, -0.25) is 0 Å². The topological polar surface area (TPSA) is 43.4 Å². The molecule has 0 heterocycles. The first-order chi connectivity index (χ1) is 10.8. The predicted molar refractivity (Wildman–Crippen MR) is 97.5 cm³/mol. The van der Waals surface area contributed by atoms with Crippen LogP contribution in [0.5, 0.6) is 5.75 Å². The summed E-state index contributed by atoms with van der Waals surface area (Å²) in [5.74, 6) is 1.59. The van der Waals surface area contributed by atoms with Gasteiger partial charge >= 0.3 is 10.1 Å². The van der Waals surface area contributed by atoms with Crippen LogP contribution in [-0.2, 0) is 10.1 Å². The standard InChI is InChI=1S/C19H32O3S/c1-5-6-11-16(2)12-7-8-13-17(3)18-14-9-10-15-19(18)22-23(4,20)21/h9-10,14-17H,5-8,11-13H2,1-4H3. The van der Waals surface area contributed by atoms with E-state index in [1.165, 1.54) is 38.5 Å². The Morgan fingerprint density at radius 1 is 1.00 bits per heavy atom. The smallest absolute Gasteiger partial charge is 0.306 e. The summed E-state index contributed by atoms with van der Waals surface area (Å²) in [7, 11) is -3.48. The first-order valence-corrected chi connectivity index (χ1v) is 10.6. The van der Waals surface area contributed by atoms with Gasteiger partial charge in [-0.1, -0.05) is 77.5 Å². The molecule has 0 radical (unpaired) electrons. The fourth-order valence-corrected chi connectivity index (χ4v) is 3.40. The molecular formula is C19H32O3S. The zero-order valence-electron chi connectivity index (χ0n) is 15.0. The van der Waals surface area contributed by atoms with E-state index in [0.29, 0.717) is 11.7 Å². The van der Waals surface area contributed by atoms with Crippen LogP contribution in [-0.4, -0.2) is 14.7 Å². The van der Waals surface area contributed by atoms with Gasteiger partial charge in [-0.05, 0) is 29.9 Å². The van der Waals surface area contributed by atoms with Crippen molar-refractivity contribution in [3.8, 4) is 5.75 Å². The van der Waals surface area contributed by atoms with Gasteiger partial charge in [-0.25, -0.2) is 0 Å². The summed E-state index contributed by atoms with van der Waals surface area (Å²) in [4.78, 5) is 0. The Bertz CT molecular complexity index is 551. The Morgan fingerprint density at radius 2 is 1.61 bits per heavy atom. The number of unbranched alkanes of at least 4 members (excludes halogenated alkanes) is 2. The first-order valence-electron chi connectivity index (χ1n) is 8.81. The van der Waals surface area contributed by atoms with Crippen LogP contribution in [0.15, 0.2) is 24.3 Å². The highest BCUT2D eigenvalue weighted by molar-refractivity contribution is 7.86. The van der Waals surface area contributed by atoms with E-state index >= 15 is 0 Å². The maximum atomic E-state index is 11.4. The lowest BCUT2D eigenvalue weighted by Gasteiger charge is -2.16. The van der Waals surface area contributed by atoms with Crippen molar-refractivity contribution in [1.82, 2.24) is 0 Å². The van der Waals surface area contributed by atoms with Crippen molar-refractivity contribution in [2.45, 2.75) is 71.6 Å². The summed E-state index contributed by atoms with van der Waals surface area (Å²) >= 11 is 0. The molecule has 0 fully saturated rings. The van der Waals surface area contributed by atoms with Gasteiger partial charge in [0.15, 0.2) is 0 Å². The monoisotopic (exact) mass is 340 g/mol. The summed E-state index contributed by atoms with van der Waals surface area (Å²) in [5, 5.41) is 0. The molecule has 0 bridgehead atoms. The molecule has 3 nitrogen and oxygen atoms in total. The van der Waals surface area contributed by atoms with Gasteiger partial charge in [-0.15, -0.1) is 0 Å². The Balaban J connectivity index is 2.47. The molecule has 2 atom stereocenters. The van der Waals surface area contributed by atoms with E-state index in [4.69, 9.17) is 4.18 Å². The van der Waals surface area contributed by atoms with E-state index in [0.717, 1.165) is 24.2 Å². The second kappa shape index (κ2) is 9.96. The second-order valence-electron chi connectivity index (χ2n) is 6.76. The lowest BCUT2D eigenvalue weighted by atomic mass is 9.92. The normalized spacial score (nSPS) is 14.4. The van der Waals surface area contributed by atoms with E-state index in [2.05, 4.69) is 20.8 Å². The molecule has 1 aromatic rings. The minimum Gasteiger partial charge on any atom is -0.382 e. The van der Waals surface area contributed by atoms with Crippen LogP contribution in [0.2, 0.25) is 0 Å². The molecule has 0 aromatic heterocycles. The van der Waals surface area contributed by atoms with Crippen LogP contribution >= 0.6 is 0 Å². The number of hydrogen-bond acceptors (Lipinski definition) is 3. The Kier molecular flexibility index (Phi) is 8.67. The highest BCUT2D eigenvalue weighted by Crippen LogP contribution is 2.31. The fourth-order valence-electron chi connectivity index (χ4n) is 2.92. The molecule has 1 rings (SSSR count). The number of hydrogen-bond donors (Lipinski definition) is 0. The average molecular weight is 341 g/mol. The van der Waals surface area contributed by atoms with Gasteiger partial charge in [0.25, 0.3) is 0 Å². The van der Waals surface area contributed by atoms with Crippen molar-refractivity contribution in [1.29, 1.82) is 0 Å². The van der Waals surface area contributed by atoms with Crippen LogP contribution in [0, 0.1) is 5.92 Å². The zero-order valence-corrected chi connectivity index (χ0v) is 15.9. The molecule has 0 amide bonds. The molecule has 2 unspecified atom stereocenters. The van der Waals surface area contributed by atoms with E-state index in [9.17, 15) is 8.42 Å². The molecule has 0 aliphatic carbocycles. The summed E-state index contributed by atoms with van der Waals surface area (Å²) in [5.41, 5.74) is 0.983. The van der Waals surface area contributed by atoms with E-state index in [1.807, 2.05) is 18.2 Å². The highest BCUT2D eigenvalue weighted by Gasteiger charge is 2.14. The molecular weight excluding hydrogens is 308 g/mol. The predicted octanol–water partition coefficient (Wildman–Crippen LogP) is 5.52. The summed E-state index contributed by atoms with van der Waals surface area (Å²) in [6.45, 7) is 6.73. The summed E-state index contributed by atoms with van der Waals surface area (Å²) in [6.07, 6.45) is 9.78. The molecule has 0 aliphatic heterocycles. The molecule has 132 valence electrons. The van der Waals surface area contributed by atoms with Crippen LogP contribution in [0.25, 0.3) is 0 Å². The summed E-state index contributed by atoms with van der Waals surface area (Å²) < 4.78 is 27.9. The quantitative estimate of drug-likeness (QED) is 0.394.